The van der Waals surface area contributed by atoms with E-state index in [0.717, 1.165) is 32.0 Å². The fourth-order valence-electron chi connectivity index (χ4n) is 3.17. The van der Waals surface area contributed by atoms with Gasteiger partial charge in [0.2, 0.25) is 0 Å². The summed E-state index contributed by atoms with van der Waals surface area (Å²) < 4.78 is 2.17. The maximum Gasteiger partial charge on any atom is 0.147 e. The van der Waals surface area contributed by atoms with Crippen LogP contribution in [0.25, 0.3) is 0 Å². The molecule has 2 rings (SSSR count). The largest absolute Gasteiger partial charge is 0.315 e. The quantitative estimate of drug-likeness (QED) is 0.814. The molecule has 5 nitrogen and oxygen atoms in total. The van der Waals surface area contributed by atoms with Gasteiger partial charge in [-0.25, -0.2) is 0 Å². The predicted molar refractivity (Wildman–Crippen MR) is 76.9 cm³/mol. The SMILES string of the molecule is CCCC(NCC)C(CC)N1CCn2cnnc2C1. The Bertz CT molecular complexity index is 370. The molecule has 2 atom stereocenters. The van der Waals surface area contributed by atoms with Crippen LogP contribution in [0.15, 0.2) is 6.33 Å². The van der Waals surface area contributed by atoms with Crippen molar-refractivity contribution in [2.24, 2.45) is 0 Å². The van der Waals surface area contributed by atoms with E-state index in [1.165, 1.54) is 19.3 Å². The zero-order valence-electron chi connectivity index (χ0n) is 12.5. The minimum Gasteiger partial charge on any atom is -0.315 e. The third-order valence-electron chi connectivity index (χ3n) is 4.09. The van der Waals surface area contributed by atoms with Crippen LogP contribution < -0.4 is 5.32 Å². The summed E-state index contributed by atoms with van der Waals surface area (Å²) in [5.41, 5.74) is 0. The molecule has 108 valence electrons. The van der Waals surface area contributed by atoms with Crippen LogP contribution in [0, 0.1) is 0 Å². The molecular weight excluding hydrogens is 238 g/mol. The summed E-state index contributed by atoms with van der Waals surface area (Å²) in [4.78, 5) is 2.58. The van der Waals surface area contributed by atoms with Crippen molar-refractivity contribution < 1.29 is 0 Å². The molecule has 0 bridgehead atoms. The molecule has 0 aliphatic carbocycles. The van der Waals surface area contributed by atoms with Gasteiger partial charge in [0.1, 0.15) is 12.2 Å². The first-order valence-corrected chi connectivity index (χ1v) is 7.64. The highest BCUT2D eigenvalue weighted by Crippen LogP contribution is 2.19. The van der Waals surface area contributed by atoms with Crippen molar-refractivity contribution in [3.63, 3.8) is 0 Å². The fourth-order valence-corrected chi connectivity index (χ4v) is 3.17. The second kappa shape index (κ2) is 7.01. The Morgan fingerprint density at radius 2 is 2.16 bits per heavy atom. The van der Waals surface area contributed by atoms with Crippen molar-refractivity contribution >= 4 is 0 Å². The van der Waals surface area contributed by atoms with Gasteiger partial charge in [0.15, 0.2) is 0 Å². The Morgan fingerprint density at radius 1 is 1.32 bits per heavy atom. The number of hydrogen-bond donors (Lipinski definition) is 1. The van der Waals surface area contributed by atoms with E-state index in [0.29, 0.717) is 12.1 Å². The highest BCUT2D eigenvalue weighted by Gasteiger charge is 2.28. The maximum absolute atomic E-state index is 4.23. The molecule has 1 aliphatic rings. The van der Waals surface area contributed by atoms with E-state index in [-0.39, 0.29) is 0 Å². The van der Waals surface area contributed by atoms with Gasteiger partial charge in [-0.1, -0.05) is 27.2 Å². The Labute approximate surface area is 116 Å². The normalized spacial score (nSPS) is 19.1. The predicted octanol–water partition coefficient (Wildman–Crippen LogP) is 1.65. The molecule has 19 heavy (non-hydrogen) atoms. The molecular formula is C14H27N5. The first-order chi connectivity index (χ1) is 9.30. The molecule has 1 aromatic heterocycles. The first kappa shape index (κ1) is 14.5. The van der Waals surface area contributed by atoms with Crippen molar-refractivity contribution in [3.05, 3.63) is 12.2 Å². The lowest BCUT2D eigenvalue weighted by Gasteiger charge is -2.39. The van der Waals surface area contributed by atoms with Crippen LogP contribution in [-0.4, -0.2) is 44.8 Å². The minimum atomic E-state index is 0.592. The molecule has 0 radical (unpaired) electrons. The number of fused-ring (bicyclic) bond motifs is 1. The molecule has 0 aromatic carbocycles. The summed E-state index contributed by atoms with van der Waals surface area (Å²) in [6.45, 7) is 10.9. The number of aromatic nitrogens is 3. The summed E-state index contributed by atoms with van der Waals surface area (Å²) in [5, 5.41) is 11.9. The van der Waals surface area contributed by atoms with Gasteiger partial charge >= 0.3 is 0 Å². The molecule has 1 N–H and O–H groups in total. The van der Waals surface area contributed by atoms with Crippen molar-refractivity contribution in [3.8, 4) is 0 Å². The van der Waals surface area contributed by atoms with Crippen LogP contribution in [0.3, 0.4) is 0 Å². The van der Waals surface area contributed by atoms with Gasteiger partial charge in [-0.15, -0.1) is 10.2 Å². The van der Waals surface area contributed by atoms with E-state index >= 15 is 0 Å². The lowest BCUT2D eigenvalue weighted by Crippen LogP contribution is -2.51. The Kier molecular flexibility index (Phi) is 5.34. The third kappa shape index (κ3) is 3.34. The molecule has 2 heterocycles. The van der Waals surface area contributed by atoms with Gasteiger partial charge in [0.25, 0.3) is 0 Å². The minimum absolute atomic E-state index is 0.592. The number of likely N-dealkylation sites (N-methyl/N-ethyl adjacent to an activating group) is 1. The van der Waals surface area contributed by atoms with Crippen LogP contribution >= 0.6 is 0 Å². The third-order valence-corrected chi connectivity index (χ3v) is 4.09. The van der Waals surface area contributed by atoms with Crippen LogP contribution in [-0.2, 0) is 13.1 Å². The highest BCUT2D eigenvalue weighted by molar-refractivity contribution is 4.94. The molecule has 0 amide bonds. The standard InChI is InChI=1S/C14H27N5/c1-4-7-12(15-6-3)13(5-2)18-8-9-19-11-16-17-14(19)10-18/h11-13,15H,4-10H2,1-3H3. The van der Waals surface area contributed by atoms with E-state index in [9.17, 15) is 0 Å². The number of nitrogens with zero attached hydrogens (tertiary/aromatic N) is 4. The van der Waals surface area contributed by atoms with Crippen molar-refractivity contribution in [1.82, 2.24) is 25.0 Å². The van der Waals surface area contributed by atoms with Crippen molar-refractivity contribution in [2.75, 3.05) is 13.1 Å². The molecule has 0 spiro atoms. The second-order valence-corrected chi connectivity index (χ2v) is 5.34. The van der Waals surface area contributed by atoms with Gasteiger partial charge in [-0.2, -0.15) is 0 Å². The van der Waals surface area contributed by atoms with Gasteiger partial charge < -0.3 is 9.88 Å². The first-order valence-electron chi connectivity index (χ1n) is 7.64. The van der Waals surface area contributed by atoms with E-state index in [1.807, 2.05) is 6.33 Å². The van der Waals surface area contributed by atoms with Crippen LogP contribution in [0.2, 0.25) is 0 Å². The van der Waals surface area contributed by atoms with E-state index < -0.39 is 0 Å². The lowest BCUT2D eigenvalue weighted by atomic mass is 9.98. The molecule has 1 aliphatic heterocycles. The second-order valence-electron chi connectivity index (χ2n) is 5.34. The summed E-state index contributed by atoms with van der Waals surface area (Å²) in [6.07, 6.45) is 5.51. The maximum atomic E-state index is 4.23. The summed E-state index contributed by atoms with van der Waals surface area (Å²) in [7, 11) is 0. The van der Waals surface area contributed by atoms with Gasteiger partial charge in [0, 0.05) is 25.2 Å². The smallest absolute Gasteiger partial charge is 0.147 e. The topological polar surface area (TPSA) is 46.0 Å². The van der Waals surface area contributed by atoms with E-state index in [1.54, 1.807) is 0 Å². The van der Waals surface area contributed by atoms with Crippen molar-refractivity contribution in [1.29, 1.82) is 0 Å². The Balaban J connectivity index is 2.04. The fraction of sp³-hybridized carbons (Fsp3) is 0.857. The Morgan fingerprint density at radius 3 is 2.84 bits per heavy atom. The van der Waals surface area contributed by atoms with Crippen LogP contribution in [0.4, 0.5) is 0 Å². The monoisotopic (exact) mass is 265 g/mol. The zero-order valence-corrected chi connectivity index (χ0v) is 12.5. The van der Waals surface area contributed by atoms with Crippen molar-refractivity contribution in [2.45, 2.75) is 65.2 Å². The summed E-state index contributed by atoms with van der Waals surface area (Å²) in [6, 6.07) is 1.19. The molecule has 0 saturated heterocycles. The zero-order chi connectivity index (χ0) is 13.7. The van der Waals surface area contributed by atoms with Gasteiger partial charge in [0.05, 0.1) is 6.54 Å². The number of nitrogens with one attached hydrogen (secondary N) is 1. The molecule has 2 unspecified atom stereocenters. The molecule has 1 aromatic rings. The lowest BCUT2D eigenvalue weighted by molar-refractivity contribution is 0.113. The van der Waals surface area contributed by atoms with Gasteiger partial charge in [-0.05, 0) is 19.4 Å². The van der Waals surface area contributed by atoms with E-state index in [2.05, 4.69) is 45.8 Å². The van der Waals surface area contributed by atoms with E-state index in [4.69, 9.17) is 0 Å². The van der Waals surface area contributed by atoms with Crippen LogP contribution in [0.5, 0.6) is 0 Å². The molecule has 0 fully saturated rings. The summed E-state index contributed by atoms with van der Waals surface area (Å²) >= 11 is 0. The molecule has 5 heteroatoms. The van der Waals surface area contributed by atoms with Gasteiger partial charge in [-0.3, -0.25) is 4.90 Å². The number of rotatable bonds is 7. The number of hydrogen-bond acceptors (Lipinski definition) is 4. The van der Waals surface area contributed by atoms with Crippen LogP contribution in [0.1, 0.15) is 45.9 Å². The molecule has 0 saturated carbocycles. The average Bonchev–Trinajstić information content (AvgIpc) is 2.87. The Hall–Kier alpha value is -0.940. The average molecular weight is 265 g/mol. The highest BCUT2D eigenvalue weighted by atomic mass is 15.3. The summed E-state index contributed by atoms with van der Waals surface area (Å²) in [5.74, 6) is 1.11.